The summed E-state index contributed by atoms with van der Waals surface area (Å²) in [6.45, 7) is 2.16. The third-order valence-electron chi connectivity index (χ3n) is 4.92. The lowest BCUT2D eigenvalue weighted by atomic mass is 10.00. The van der Waals surface area contributed by atoms with Crippen LogP contribution >= 0.6 is 0 Å². The molecule has 0 amide bonds. The van der Waals surface area contributed by atoms with Crippen LogP contribution in [0.4, 0.5) is 0 Å². The highest BCUT2D eigenvalue weighted by molar-refractivity contribution is 7.90. The molecule has 22 heavy (non-hydrogen) atoms. The first-order chi connectivity index (χ1) is 10.5. The molecule has 4 rings (SSSR count). The van der Waals surface area contributed by atoms with Crippen molar-refractivity contribution in [1.29, 1.82) is 0 Å². The summed E-state index contributed by atoms with van der Waals surface area (Å²) in [5.41, 5.74) is 0.361. The van der Waals surface area contributed by atoms with Gasteiger partial charge in [-0.3, -0.25) is 0 Å². The molecule has 0 saturated carbocycles. The van der Waals surface area contributed by atoms with E-state index in [1.807, 2.05) is 24.3 Å². The molecular formula is C15H20N2O4S. The van der Waals surface area contributed by atoms with Crippen molar-refractivity contribution in [2.24, 2.45) is 0 Å². The molecule has 1 N–H and O–H groups in total. The fraction of sp³-hybridized carbons (Fsp3) is 0.600. The Morgan fingerprint density at radius 2 is 2.36 bits per heavy atom. The molecule has 3 aliphatic heterocycles. The monoisotopic (exact) mass is 324 g/mol. The topological polar surface area (TPSA) is 67.9 Å². The average Bonchev–Trinajstić information content (AvgIpc) is 2.87. The average molecular weight is 324 g/mol. The van der Waals surface area contributed by atoms with Crippen molar-refractivity contribution in [1.82, 2.24) is 9.62 Å². The van der Waals surface area contributed by atoms with Crippen LogP contribution in [0.3, 0.4) is 0 Å². The first kappa shape index (κ1) is 14.4. The van der Waals surface area contributed by atoms with Gasteiger partial charge in [0, 0.05) is 26.2 Å². The quantitative estimate of drug-likeness (QED) is 0.868. The maximum absolute atomic E-state index is 12.9. The van der Waals surface area contributed by atoms with E-state index in [1.165, 1.54) is 0 Å². The number of hydrogen-bond acceptors (Lipinski definition) is 5. The highest BCUT2D eigenvalue weighted by Gasteiger charge is 2.63. The van der Waals surface area contributed by atoms with Crippen LogP contribution in [-0.2, 0) is 21.3 Å². The number of ether oxygens (including phenoxy) is 2. The Morgan fingerprint density at radius 1 is 1.50 bits per heavy atom. The van der Waals surface area contributed by atoms with Gasteiger partial charge in [-0.2, -0.15) is 4.31 Å². The first-order valence-corrected chi connectivity index (χ1v) is 9.04. The molecule has 3 aliphatic rings. The van der Waals surface area contributed by atoms with Crippen LogP contribution in [0.15, 0.2) is 24.3 Å². The summed E-state index contributed by atoms with van der Waals surface area (Å²) < 4.78 is 38.5. The zero-order valence-corrected chi connectivity index (χ0v) is 13.3. The molecule has 3 heterocycles. The van der Waals surface area contributed by atoms with Crippen molar-refractivity contribution in [3.63, 3.8) is 0 Å². The highest BCUT2D eigenvalue weighted by atomic mass is 32.2. The van der Waals surface area contributed by atoms with E-state index in [9.17, 15) is 8.42 Å². The van der Waals surface area contributed by atoms with Gasteiger partial charge in [-0.1, -0.05) is 12.1 Å². The second-order valence-electron chi connectivity index (χ2n) is 6.32. The number of nitrogens with zero attached hydrogens (tertiary/aromatic N) is 1. The SMILES string of the molecule is COc1cccc(CN2C[C@@]34CNC[C@@H](C[C@@H]3S2(=O)=O)O4)c1. The van der Waals surface area contributed by atoms with Gasteiger partial charge in [-0.05, 0) is 24.1 Å². The third kappa shape index (κ3) is 2.07. The number of fused-ring (bicyclic) bond motifs is 1. The molecule has 1 aromatic rings. The van der Waals surface area contributed by atoms with Crippen molar-refractivity contribution in [2.45, 2.75) is 29.9 Å². The number of rotatable bonds is 3. The van der Waals surface area contributed by atoms with Crippen LogP contribution < -0.4 is 10.1 Å². The van der Waals surface area contributed by atoms with E-state index in [2.05, 4.69) is 5.32 Å². The molecule has 3 atom stereocenters. The van der Waals surface area contributed by atoms with Gasteiger partial charge in [0.2, 0.25) is 10.0 Å². The lowest BCUT2D eigenvalue weighted by Gasteiger charge is -2.32. The molecule has 6 nitrogen and oxygen atoms in total. The van der Waals surface area contributed by atoms with Gasteiger partial charge in [0.05, 0.1) is 13.2 Å². The smallest absolute Gasteiger partial charge is 0.220 e. The van der Waals surface area contributed by atoms with Crippen LogP contribution in [0.25, 0.3) is 0 Å². The van der Waals surface area contributed by atoms with Crippen LogP contribution in [0.1, 0.15) is 12.0 Å². The van der Waals surface area contributed by atoms with Crippen molar-refractivity contribution in [3.8, 4) is 5.75 Å². The molecule has 2 bridgehead atoms. The molecule has 1 spiro atoms. The van der Waals surface area contributed by atoms with Gasteiger partial charge in [-0.15, -0.1) is 0 Å². The normalized spacial score (nSPS) is 36.2. The van der Waals surface area contributed by atoms with E-state index in [0.717, 1.165) is 17.9 Å². The summed E-state index contributed by atoms with van der Waals surface area (Å²) in [5, 5.41) is 2.90. The maximum atomic E-state index is 12.9. The Hall–Kier alpha value is -1.15. The predicted molar refractivity (Wildman–Crippen MR) is 81.2 cm³/mol. The number of sulfonamides is 1. The molecule has 3 fully saturated rings. The molecular weight excluding hydrogens is 304 g/mol. The number of nitrogens with one attached hydrogen (secondary N) is 1. The summed E-state index contributed by atoms with van der Waals surface area (Å²) in [6, 6.07) is 7.54. The Kier molecular flexibility index (Phi) is 3.23. The summed E-state index contributed by atoms with van der Waals surface area (Å²) in [7, 11) is -1.71. The second-order valence-corrected chi connectivity index (χ2v) is 8.44. The minimum Gasteiger partial charge on any atom is -0.497 e. The summed E-state index contributed by atoms with van der Waals surface area (Å²) in [6.07, 6.45) is 0.636. The fourth-order valence-corrected chi connectivity index (χ4v) is 6.21. The minimum atomic E-state index is -3.32. The number of morpholine rings is 1. The van der Waals surface area contributed by atoms with E-state index in [0.29, 0.717) is 26.1 Å². The number of methoxy groups -OCH3 is 1. The lowest BCUT2D eigenvalue weighted by Crippen LogP contribution is -2.53. The van der Waals surface area contributed by atoms with Crippen molar-refractivity contribution >= 4 is 10.0 Å². The maximum Gasteiger partial charge on any atom is 0.220 e. The molecule has 0 unspecified atom stereocenters. The first-order valence-electron chi connectivity index (χ1n) is 7.54. The van der Waals surface area contributed by atoms with E-state index in [1.54, 1.807) is 11.4 Å². The zero-order valence-electron chi connectivity index (χ0n) is 12.5. The van der Waals surface area contributed by atoms with Crippen molar-refractivity contribution < 1.29 is 17.9 Å². The molecule has 1 aromatic carbocycles. The zero-order chi connectivity index (χ0) is 15.4. The Morgan fingerprint density at radius 3 is 3.18 bits per heavy atom. The Bertz CT molecular complexity index is 693. The summed E-state index contributed by atoms with van der Waals surface area (Å²) >= 11 is 0. The highest BCUT2D eigenvalue weighted by Crippen LogP contribution is 2.45. The van der Waals surface area contributed by atoms with Crippen LogP contribution in [0.2, 0.25) is 0 Å². The van der Waals surface area contributed by atoms with Crippen molar-refractivity contribution in [2.75, 3.05) is 26.7 Å². The molecule has 3 saturated heterocycles. The largest absolute Gasteiger partial charge is 0.497 e. The molecule has 120 valence electrons. The fourth-order valence-electron chi connectivity index (χ4n) is 3.91. The van der Waals surface area contributed by atoms with Gasteiger partial charge >= 0.3 is 0 Å². The van der Waals surface area contributed by atoms with Crippen LogP contribution in [-0.4, -0.2) is 56.4 Å². The van der Waals surface area contributed by atoms with Gasteiger partial charge in [-0.25, -0.2) is 8.42 Å². The van der Waals surface area contributed by atoms with Gasteiger partial charge < -0.3 is 14.8 Å². The Balaban J connectivity index is 1.61. The van der Waals surface area contributed by atoms with E-state index in [4.69, 9.17) is 9.47 Å². The number of hydrogen-bond donors (Lipinski definition) is 1. The molecule has 0 radical (unpaired) electrons. The Labute approximate surface area is 130 Å². The van der Waals surface area contributed by atoms with E-state index >= 15 is 0 Å². The number of benzene rings is 1. The van der Waals surface area contributed by atoms with Crippen LogP contribution in [0.5, 0.6) is 5.75 Å². The van der Waals surface area contributed by atoms with E-state index in [-0.39, 0.29) is 6.10 Å². The van der Waals surface area contributed by atoms with Gasteiger partial charge in [0.1, 0.15) is 16.6 Å². The van der Waals surface area contributed by atoms with Crippen molar-refractivity contribution in [3.05, 3.63) is 29.8 Å². The molecule has 0 aromatic heterocycles. The van der Waals surface area contributed by atoms with E-state index < -0.39 is 20.9 Å². The third-order valence-corrected chi connectivity index (χ3v) is 7.24. The van der Waals surface area contributed by atoms with Gasteiger partial charge in [0.25, 0.3) is 0 Å². The molecule has 0 aliphatic carbocycles. The minimum absolute atomic E-state index is 0.0347. The van der Waals surface area contributed by atoms with Crippen LogP contribution in [0, 0.1) is 0 Å². The second kappa shape index (κ2) is 4.92. The lowest BCUT2D eigenvalue weighted by molar-refractivity contribution is -0.0634. The predicted octanol–water partition coefficient (Wildman–Crippen LogP) is 0.340. The summed E-state index contributed by atoms with van der Waals surface area (Å²) in [4.78, 5) is 0. The van der Waals surface area contributed by atoms with Gasteiger partial charge in [0.15, 0.2) is 0 Å². The molecule has 7 heteroatoms. The standard InChI is InChI=1S/C15H20N2O4S/c1-20-12-4-2-3-11(5-12)8-17-10-15-9-16-7-13(21-15)6-14(15)22(17,18)19/h2-5,13-14,16H,6-10H2,1H3/t13-,14+,15+/m1/s1. The summed E-state index contributed by atoms with van der Waals surface area (Å²) in [5.74, 6) is 0.739.